The van der Waals surface area contributed by atoms with Gasteiger partial charge in [-0.15, -0.1) is 0 Å². The smallest absolute Gasteiger partial charge is 0.271 e. The maximum absolute atomic E-state index is 13.2. The normalized spacial score (nSPS) is 19.3. The molecular weight excluding hydrogens is 394 g/mol. The molecule has 0 saturated carbocycles. The predicted molar refractivity (Wildman–Crippen MR) is 112 cm³/mol. The summed E-state index contributed by atoms with van der Waals surface area (Å²) in [5.74, 6) is 1.18. The van der Waals surface area contributed by atoms with Gasteiger partial charge in [-0.3, -0.25) is 14.6 Å². The van der Waals surface area contributed by atoms with E-state index < -0.39 is 6.10 Å². The molecule has 4 heterocycles. The third-order valence-corrected chi connectivity index (χ3v) is 5.82. The lowest BCUT2D eigenvalue weighted by atomic mass is 10.1. The van der Waals surface area contributed by atoms with Crippen LogP contribution < -0.4 is 10.1 Å². The minimum atomic E-state index is -0.512. The molecule has 158 valence electrons. The molecule has 3 aromatic rings. The van der Waals surface area contributed by atoms with E-state index in [-0.39, 0.29) is 17.9 Å². The highest BCUT2D eigenvalue weighted by molar-refractivity contribution is 5.92. The fourth-order valence-electron chi connectivity index (χ4n) is 4.17. The number of para-hydroxylation sites is 1. The van der Waals surface area contributed by atoms with E-state index in [1.165, 1.54) is 0 Å². The van der Waals surface area contributed by atoms with Gasteiger partial charge in [0.15, 0.2) is 6.10 Å². The predicted octanol–water partition coefficient (Wildman–Crippen LogP) is 2.11. The molecule has 0 saturated heterocycles. The second kappa shape index (κ2) is 7.86. The molecule has 0 unspecified atom stereocenters. The molecule has 0 fully saturated rings. The van der Waals surface area contributed by atoms with Crippen LogP contribution in [0.1, 0.15) is 40.5 Å². The number of rotatable bonds is 4. The Hall–Kier alpha value is -3.68. The number of carbonyl (C=O) groups excluding carboxylic acids is 2. The van der Waals surface area contributed by atoms with E-state index in [1.54, 1.807) is 17.3 Å². The van der Waals surface area contributed by atoms with Crippen molar-refractivity contribution in [2.45, 2.75) is 38.6 Å². The van der Waals surface area contributed by atoms with Crippen molar-refractivity contribution >= 4 is 11.8 Å². The summed E-state index contributed by atoms with van der Waals surface area (Å²) in [6, 6.07) is 13.1. The minimum Gasteiger partial charge on any atom is -0.480 e. The van der Waals surface area contributed by atoms with Crippen LogP contribution in [0.3, 0.4) is 0 Å². The van der Waals surface area contributed by atoms with Gasteiger partial charge in [-0.1, -0.05) is 24.3 Å². The second-order valence-corrected chi connectivity index (χ2v) is 7.81. The topological polar surface area (TPSA) is 89.4 Å². The van der Waals surface area contributed by atoms with E-state index in [1.807, 2.05) is 54.0 Å². The highest BCUT2D eigenvalue weighted by atomic mass is 16.5. The number of pyridine rings is 1. The molecule has 0 bridgehead atoms. The SMILES string of the molecule is C[C@H]1c2nc(C(=O)NCc3ccccn3)cn2CCN1C(=O)[C@@H]1Cc2ccccc2O1. The summed E-state index contributed by atoms with van der Waals surface area (Å²) >= 11 is 0. The van der Waals surface area contributed by atoms with Crippen LogP contribution in [0.25, 0.3) is 0 Å². The number of benzene rings is 1. The lowest BCUT2D eigenvalue weighted by Crippen LogP contribution is -2.47. The molecule has 0 radical (unpaired) electrons. The lowest BCUT2D eigenvalue weighted by Gasteiger charge is -2.35. The van der Waals surface area contributed by atoms with Crippen LogP contribution in [-0.4, -0.2) is 43.9 Å². The quantitative estimate of drug-likeness (QED) is 0.702. The van der Waals surface area contributed by atoms with Crippen molar-refractivity contribution in [3.63, 3.8) is 0 Å². The van der Waals surface area contributed by atoms with Gasteiger partial charge in [0.1, 0.15) is 17.3 Å². The van der Waals surface area contributed by atoms with Crippen LogP contribution in [0.15, 0.2) is 54.9 Å². The minimum absolute atomic E-state index is 0.0425. The van der Waals surface area contributed by atoms with Gasteiger partial charge in [0.05, 0.1) is 18.3 Å². The Kier molecular flexibility index (Phi) is 4.89. The molecule has 0 spiro atoms. The zero-order chi connectivity index (χ0) is 21.4. The number of hydrogen-bond donors (Lipinski definition) is 1. The Morgan fingerprint density at radius 3 is 2.81 bits per heavy atom. The molecule has 2 aromatic heterocycles. The average molecular weight is 417 g/mol. The Labute approximate surface area is 179 Å². The van der Waals surface area contributed by atoms with Crippen LogP contribution in [0, 0.1) is 0 Å². The number of hydrogen-bond acceptors (Lipinski definition) is 5. The summed E-state index contributed by atoms with van der Waals surface area (Å²) in [6.45, 7) is 3.41. The van der Waals surface area contributed by atoms with Crippen LogP contribution in [0.5, 0.6) is 5.75 Å². The molecule has 5 rings (SSSR count). The summed E-state index contributed by atoms with van der Waals surface area (Å²) in [5.41, 5.74) is 2.18. The zero-order valence-electron chi connectivity index (χ0n) is 17.2. The Bertz CT molecular complexity index is 1100. The maximum Gasteiger partial charge on any atom is 0.271 e. The zero-order valence-corrected chi connectivity index (χ0v) is 17.2. The number of ether oxygens (including phenoxy) is 1. The number of nitrogens with one attached hydrogen (secondary N) is 1. The summed E-state index contributed by atoms with van der Waals surface area (Å²) in [6.07, 6.45) is 3.51. The van der Waals surface area contributed by atoms with Crippen molar-refractivity contribution in [1.82, 2.24) is 24.8 Å². The second-order valence-electron chi connectivity index (χ2n) is 7.81. The van der Waals surface area contributed by atoms with E-state index in [0.717, 1.165) is 17.0 Å². The number of nitrogens with zero attached hydrogens (tertiary/aromatic N) is 4. The number of carbonyl (C=O) groups is 2. The van der Waals surface area contributed by atoms with Gasteiger partial charge in [-0.2, -0.15) is 0 Å². The van der Waals surface area contributed by atoms with E-state index in [9.17, 15) is 9.59 Å². The highest BCUT2D eigenvalue weighted by Crippen LogP contribution is 2.32. The first-order valence-corrected chi connectivity index (χ1v) is 10.4. The molecule has 8 heteroatoms. The summed E-state index contributed by atoms with van der Waals surface area (Å²) < 4.78 is 7.84. The first kappa shape index (κ1) is 19.3. The van der Waals surface area contributed by atoms with Crippen molar-refractivity contribution in [2.75, 3.05) is 6.54 Å². The molecule has 31 heavy (non-hydrogen) atoms. The van der Waals surface area contributed by atoms with Crippen LogP contribution in [0.4, 0.5) is 0 Å². The molecule has 1 aromatic carbocycles. The van der Waals surface area contributed by atoms with E-state index >= 15 is 0 Å². The average Bonchev–Trinajstić information content (AvgIpc) is 3.43. The molecule has 2 amide bonds. The van der Waals surface area contributed by atoms with E-state index in [2.05, 4.69) is 15.3 Å². The number of fused-ring (bicyclic) bond motifs is 2. The largest absolute Gasteiger partial charge is 0.480 e. The molecule has 0 aliphatic carbocycles. The third kappa shape index (κ3) is 3.65. The third-order valence-electron chi connectivity index (χ3n) is 5.82. The van der Waals surface area contributed by atoms with E-state index in [0.29, 0.717) is 37.6 Å². The fourth-order valence-corrected chi connectivity index (χ4v) is 4.17. The maximum atomic E-state index is 13.2. The Balaban J connectivity index is 1.27. The summed E-state index contributed by atoms with van der Waals surface area (Å²) in [5, 5.41) is 2.85. The van der Waals surface area contributed by atoms with Crippen molar-refractivity contribution in [1.29, 1.82) is 0 Å². The van der Waals surface area contributed by atoms with Gasteiger partial charge in [0.25, 0.3) is 11.8 Å². The van der Waals surface area contributed by atoms with E-state index in [4.69, 9.17) is 4.74 Å². The summed E-state index contributed by atoms with van der Waals surface area (Å²) in [4.78, 5) is 36.3. The van der Waals surface area contributed by atoms with Crippen molar-refractivity contribution in [2.24, 2.45) is 0 Å². The van der Waals surface area contributed by atoms with Crippen LogP contribution >= 0.6 is 0 Å². The fraction of sp³-hybridized carbons (Fsp3) is 0.304. The van der Waals surface area contributed by atoms with Gasteiger partial charge >= 0.3 is 0 Å². The summed E-state index contributed by atoms with van der Waals surface area (Å²) in [7, 11) is 0. The van der Waals surface area contributed by atoms with Crippen LogP contribution in [-0.2, 0) is 24.3 Å². The van der Waals surface area contributed by atoms with Gasteiger partial charge in [-0.05, 0) is 30.7 Å². The monoisotopic (exact) mass is 417 g/mol. The molecule has 1 N–H and O–H groups in total. The van der Waals surface area contributed by atoms with Crippen LogP contribution in [0.2, 0.25) is 0 Å². The number of amides is 2. The first-order valence-electron chi connectivity index (χ1n) is 10.4. The van der Waals surface area contributed by atoms with Gasteiger partial charge in [-0.25, -0.2) is 4.98 Å². The number of aromatic nitrogens is 3. The molecule has 2 atom stereocenters. The van der Waals surface area contributed by atoms with Crippen molar-refractivity contribution in [3.8, 4) is 5.75 Å². The Morgan fingerprint density at radius 1 is 1.16 bits per heavy atom. The van der Waals surface area contributed by atoms with Gasteiger partial charge in [0, 0.05) is 31.9 Å². The van der Waals surface area contributed by atoms with Crippen molar-refractivity contribution < 1.29 is 14.3 Å². The Morgan fingerprint density at radius 2 is 2.00 bits per heavy atom. The first-order chi connectivity index (χ1) is 15.1. The molecule has 2 aliphatic heterocycles. The number of imidazole rings is 1. The standard InChI is InChI=1S/C23H23N5O3/c1-15-21-26-18(22(29)25-13-17-7-4-5-9-24-17)14-27(21)10-11-28(15)23(30)20-12-16-6-2-3-8-19(16)31-20/h2-9,14-15,20H,10-13H2,1H3,(H,25,29)/t15-,20-/m0/s1. The highest BCUT2D eigenvalue weighted by Gasteiger charge is 2.37. The lowest BCUT2D eigenvalue weighted by molar-refractivity contribution is -0.141. The van der Waals surface area contributed by atoms with Gasteiger partial charge in [0.2, 0.25) is 0 Å². The van der Waals surface area contributed by atoms with Crippen molar-refractivity contribution in [3.05, 3.63) is 77.6 Å². The van der Waals surface area contributed by atoms with Gasteiger partial charge < -0.3 is 19.5 Å². The molecule has 8 nitrogen and oxygen atoms in total. The molecular formula is C23H23N5O3. The molecule has 2 aliphatic rings.